The summed E-state index contributed by atoms with van der Waals surface area (Å²) in [6, 6.07) is 10.8. The quantitative estimate of drug-likeness (QED) is 0.517. The molecule has 10 heteroatoms. The molecule has 0 aliphatic rings. The Hall–Kier alpha value is -3.14. The van der Waals surface area contributed by atoms with Crippen molar-refractivity contribution < 1.29 is 22.9 Å². The Balaban J connectivity index is 2.30. The number of nitrogens with one attached hydrogen (secondary N) is 1. The number of nitrogens with zero attached hydrogens (tertiary/aromatic N) is 2. The summed E-state index contributed by atoms with van der Waals surface area (Å²) in [5, 5.41) is 13.8. The van der Waals surface area contributed by atoms with E-state index in [4.69, 9.17) is 4.74 Å². The zero-order valence-electron chi connectivity index (χ0n) is 16.6. The highest BCUT2D eigenvalue weighted by Crippen LogP contribution is 2.33. The number of rotatable bonds is 8. The number of benzene rings is 2. The highest BCUT2D eigenvalue weighted by Gasteiger charge is 2.26. The van der Waals surface area contributed by atoms with Crippen LogP contribution in [0.1, 0.15) is 24.1 Å². The molecular formula is C19H23N3O6S. The van der Waals surface area contributed by atoms with Gasteiger partial charge in [-0.3, -0.25) is 19.2 Å². The highest BCUT2D eigenvalue weighted by molar-refractivity contribution is 7.92. The van der Waals surface area contributed by atoms with E-state index in [0.29, 0.717) is 0 Å². The van der Waals surface area contributed by atoms with Gasteiger partial charge in [0.1, 0.15) is 18.0 Å². The largest absolute Gasteiger partial charge is 0.495 e. The van der Waals surface area contributed by atoms with E-state index in [1.807, 2.05) is 31.2 Å². The summed E-state index contributed by atoms with van der Waals surface area (Å²) >= 11 is 0. The van der Waals surface area contributed by atoms with Gasteiger partial charge in [0.15, 0.2) is 0 Å². The maximum absolute atomic E-state index is 12.6. The number of amides is 1. The van der Waals surface area contributed by atoms with Crippen LogP contribution in [0, 0.1) is 17.0 Å². The fourth-order valence-electron chi connectivity index (χ4n) is 2.72. The number of nitro benzene ring substituents is 1. The molecule has 156 valence electrons. The van der Waals surface area contributed by atoms with Gasteiger partial charge in [-0.05, 0) is 25.5 Å². The maximum Gasteiger partial charge on any atom is 0.271 e. The zero-order valence-corrected chi connectivity index (χ0v) is 17.4. The summed E-state index contributed by atoms with van der Waals surface area (Å²) in [6.07, 6.45) is 0.919. The molecule has 0 aliphatic heterocycles. The molecule has 2 aromatic rings. The molecule has 2 aromatic carbocycles. The average Bonchev–Trinajstić information content (AvgIpc) is 2.65. The van der Waals surface area contributed by atoms with Crippen molar-refractivity contribution in [1.82, 2.24) is 5.32 Å². The lowest BCUT2D eigenvalue weighted by Crippen LogP contribution is -2.41. The third-order valence-electron chi connectivity index (χ3n) is 4.28. The van der Waals surface area contributed by atoms with Crippen molar-refractivity contribution in [2.45, 2.75) is 19.9 Å². The lowest BCUT2D eigenvalue weighted by Gasteiger charge is -2.24. The first-order chi connectivity index (χ1) is 13.5. The van der Waals surface area contributed by atoms with Gasteiger partial charge in [-0.15, -0.1) is 0 Å². The minimum absolute atomic E-state index is 0.0812. The molecule has 0 aromatic heterocycles. The second-order valence-electron chi connectivity index (χ2n) is 6.58. The van der Waals surface area contributed by atoms with Gasteiger partial charge in [-0.2, -0.15) is 0 Å². The van der Waals surface area contributed by atoms with E-state index in [1.54, 1.807) is 6.92 Å². The van der Waals surface area contributed by atoms with Crippen molar-refractivity contribution in [2.24, 2.45) is 0 Å². The number of aryl methyl sites for hydroxylation is 1. The van der Waals surface area contributed by atoms with Crippen LogP contribution in [-0.2, 0) is 14.8 Å². The molecule has 0 saturated carbocycles. The first kappa shape index (κ1) is 22.2. The fraction of sp³-hybridized carbons (Fsp3) is 0.316. The molecule has 29 heavy (non-hydrogen) atoms. The second kappa shape index (κ2) is 8.91. The lowest BCUT2D eigenvalue weighted by molar-refractivity contribution is -0.384. The highest BCUT2D eigenvalue weighted by atomic mass is 32.2. The van der Waals surface area contributed by atoms with Crippen LogP contribution in [0.5, 0.6) is 5.75 Å². The predicted octanol–water partition coefficient (Wildman–Crippen LogP) is 2.56. The summed E-state index contributed by atoms with van der Waals surface area (Å²) in [5.74, 6) is -0.461. The van der Waals surface area contributed by atoms with E-state index in [2.05, 4.69) is 5.32 Å². The van der Waals surface area contributed by atoms with Gasteiger partial charge in [-0.25, -0.2) is 8.42 Å². The predicted molar refractivity (Wildman–Crippen MR) is 110 cm³/mol. The Morgan fingerprint density at radius 3 is 2.38 bits per heavy atom. The Labute approximate surface area is 169 Å². The SMILES string of the molecule is COc1ccc([N+](=O)[O-])cc1N(CC(=O)N[C@H](C)c1ccc(C)cc1)S(C)(=O)=O. The fourth-order valence-corrected chi connectivity index (χ4v) is 3.58. The lowest BCUT2D eigenvalue weighted by atomic mass is 10.1. The zero-order chi connectivity index (χ0) is 21.8. The molecule has 0 bridgehead atoms. The molecule has 1 amide bonds. The Morgan fingerprint density at radius 1 is 1.24 bits per heavy atom. The van der Waals surface area contributed by atoms with Crippen molar-refractivity contribution in [3.8, 4) is 5.75 Å². The molecule has 0 radical (unpaired) electrons. The van der Waals surface area contributed by atoms with Crippen molar-refractivity contribution in [1.29, 1.82) is 0 Å². The van der Waals surface area contributed by atoms with Gasteiger partial charge in [0.2, 0.25) is 15.9 Å². The molecule has 0 unspecified atom stereocenters. The normalized spacial score (nSPS) is 12.1. The Morgan fingerprint density at radius 2 is 1.86 bits per heavy atom. The minimum Gasteiger partial charge on any atom is -0.495 e. The number of non-ortho nitro benzene ring substituents is 1. The van der Waals surface area contributed by atoms with Crippen molar-refractivity contribution >= 4 is 27.3 Å². The van der Waals surface area contributed by atoms with E-state index in [1.165, 1.54) is 19.2 Å². The van der Waals surface area contributed by atoms with E-state index < -0.39 is 27.4 Å². The monoisotopic (exact) mass is 421 g/mol. The summed E-state index contributed by atoms with van der Waals surface area (Å²) in [6.45, 7) is 3.18. The van der Waals surface area contributed by atoms with Crippen LogP contribution >= 0.6 is 0 Å². The number of hydrogen-bond acceptors (Lipinski definition) is 6. The van der Waals surface area contributed by atoms with Gasteiger partial charge in [-0.1, -0.05) is 29.8 Å². The van der Waals surface area contributed by atoms with Gasteiger partial charge < -0.3 is 10.1 Å². The smallest absolute Gasteiger partial charge is 0.271 e. The van der Waals surface area contributed by atoms with Crippen LogP contribution in [0.15, 0.2) is 42.5 Å². The number of methoxy groups -OCH3 is 1. The average molecular weight is 421 g/mol. The third kappa shape index (κ3) is 5.67. The molecule has 0 fully saturated rings. The van der Waals surface area contributed by atoms with Crippen LogP contribution in [-0.4, -0.2) is 39.2 Å². The van der Waals surface area contributed by atoms with Crippen LogP contribution in [0.3, 0.4) is 0 Å². The molecule has 0 spiro atoms. The first-order valence-electron chi connectivity index (χ1n) is 8.69. The van der Waals surface area contributed by atoms with Crippen LogP contribution in [0.25, 0.3) is 0 Å². The van der Waals surface area contributed by atoms with Gasteiger partial charge in [0.05, 0.1) is 24.3 Å². The maximum atomic E-state index is 12.6. The number of hydrogen-bond donors (Lipinski definition) is 1. The van der Waals surface area contributed by atoms with Gasteiger partial charge in [0.25, 0.3) is 5.69 Å². The van der Waals surface area contributed by atoms with Crippen LogP contribution in [0.4, 0.5) is 11.4 Å². The molecule has 1 atom stereocenters. The number of anilines is 1. The molecule has 0 heterocycles. The number of carbonyl (C=O) groups is 1. The molecule has 2 rings (SSSR count). The summed E-state index contributed by atoms with van der Waals surface area (Å²) in [7, 11) is -2.61. The van der Waals surface area contributed by atoms with Crippen molar-refractivity contribution in [3.05, 3.63) is 63.7 Å². The molecule has 1 N–H and O–H groups in total. The number of nitro groups is 1. The molecule has 0 saturated heterocycles. The summed E-state index contributed by atoms with van der Waals surface area (Å²) in [5.41, 5.74) is 1.54. The van der Waals surface area contributed by atoms with E-state index in [0.717, 1.165) is 27.8 Å². The number of sulfonamides is 1. The standard InChI is InChI=1S/C19H23N3O6S/c1-13-5-7-15(8-6-13)14(2)20-19(23)12-21(29(4,26)27)17-11-16(22(24)25)9-10-18(17)28-3/h5-11,14H,12H2,1-4H3,(H,20,23)/t14-/m1/s1. The van der Waals surface area contributed by atoms with Crippen molar-refractivity contribution in [2.75, 3.05) is 24.2 Å². The van der Waals surface area contributed by atoms with Gasteiger partial charge in [0, 0.05) is 12.1 Å². The molecular weight excluding hydrogens is 398 g/mol. The number of carbonyl (C=O) groups excluding carboxylic acids is 1. The molecule has 9 nitrogen and oxygen atoms in total. The minimum atomic E-state index is -3.92. The second-order valence-corrected chi connectivity index (χ2v) is 8.49. The van der Waals surface area contributed by atoms with Gasteiger partial charge >= 0.3 is 0 Å². The van der Waals surface area contributed by atoms with E-state index in [9.17, 15) is 23.3 Å². The van der Waals surface area contributed by atoms with E-state index >= 15 is 0 Å². The summed E-state index contributed by atoms with van der Waals surface area (Å²) < 4.78 is 30.6. The van der Waals surface area contributed by atoms with Crippen LogP contribution in [0.2, 0.25) is 0 Å². The van der Waals surface area contributed by atoms with Crippen LogP contribution < -0.4 is 14.4 Å². The Kier molecular flexibility index (Phi) is 6.80. The third-order valence-corrected chi connectivity index (χ3v) is 5.41. The summed E-state index contributed by atoms with van der Waals surface area (Å²) in [4.78, 5) is 23.0. The topological polar surface area (TPSA) is 119 Å². The first-order valence-corrected chi connectivity index (χ1v) is 10.5. The molecule has 0 aliphatic carbocycles. The number of ether oxygens (including phenoxy) is 1. The van der Waals surface area contributed by atoms with Crippen molar-refractivity contribution in [3.63, 3.8) is 0 Å². The van der Waals surface area contributed by atoms with E-state index in [-0.39, 0.29) is 23.2 Å². The Bertz CT molecular complexity index is 1010.